The van der Waals surface area contributed by atoms with E-state index in [9.17, 15) is 9.59 Å². The summed E-state index contributed by atoms with van der Waals surface area (Å²) in [6.45, 7) is 5.67. The lowest BCUT2D eigenvalue weighted by Gasteiger charge is -2.35. The second-order valence-corrected chi connectivity index (χ2v) is 7.44. The second kappa shape index (κ2) is 9.23. The number of carbonyl (C=O) groups excluding carboxylic acids is 2. The lowest BCUT2D eigenvalue weighted by molar-refractivity contribution is -0.129. The maximum atomic E-state index is 14.0. The van der Waals surface area contributed by atoms with Gasteiger partial charge in [-0.05, 0) is 30.0 Å². The highest BCUT2D eigenvalue weighted by Crippen LogP contribution is 2.39. The molecule has 1 atom stereocenters. The molecule has 0 spiro atoms. The van der Waals surface area contributed by atoms with Crippen molar-refractivity contribution in [3.05, 3.63) is 120 Å². The van der Waals surface area contributed by atoms with Crippen LogP contribution in [0.25, 0.3) is 0 Å². The molecule has 0 saturated carbocycles. The van der Waals surface area contributed by atoms with E-state index >= 15 is 0 Å². The molecule has 30 heavy (non-hydrogen) atoms. The lowest BCUT2D eigenvalue weighted by atomic mass is 9.68. The third kappa shape index (κ3) is 4.18. The van der Waals surface area contributed by atoms with Gasteiger partial charge in [-0.15, -0.1) is 6.58 Å². The number of amides is 2. The Balaban J connectivity index is 2.24. The zero-order chi connectivity index (χ0) is 21.6. The zero-order valence-electron chi connectivity index (χ0n) is 17.0. The largest absolute Gasteiger partial charge is 0.368 e. The van der Waals surface area contributed by atoms with Gasteiger partial charge < -0.3 is 11.1 Å². The van der Waals surface area contributed by atoms with Gasteiger partial charge in [-0.2, -0.15) is 0 Å². The Morgan fingerprint density at radius 1 is 0.833 bits per heavy atom. The first-order valence-electron chi connectivity index (χ1n) is 9.87. The number of nitrogens with two attached hydrogens (primary N) is 1. The smallest absolute Gasteiger partial charge is 0.240 e. The monoisotopic (exact) mass is 398 g/mol. The Hall–Kier alpha value is -3.66. The van der Waals surface area contributed by atoms with E-state index in [0.29, 0.717) is 0 Å². The fourth-order valence-electron chi connectivity index (χ4n) is 3.80. The molecule has 152 valence electrons. The van der Waals surface area contributed by atoms with E-state index in [0.717, 1.165) is 22.3 Å². The van der Waals surface area contributed by atoms with E-state index in [2.05, 4.69) is 11.9 Å². The molecule has 0 radical (unpaired) electrons. The molecule has 3 aromatic rings. The number of rotatable bonds is 8. The van der Waals surface area contributed by atoms with Crippen molar-refractivity contribution in [1.29, 1.82) is 0 Å². The van der Waals surface area contributed by atoms with E-state index in [1.807, 2.05) is 91.0 Å². The molecule has 0 aliphatic carbocycles. The number of carbonyl (C=O) groups is 2. The van der Waals surface area contributed by atoms with Crippen molar-refractivity contribution >= 4 is 11.8 Å². The van der Waals surface area contributed by atoms with Crippen molar-refractivity contribution in [2.75, 3.05) is 0 Å². The van der Waals surface area contributed by atoms with E-state index in [4.69, 9.17) is 5.73 Å². The van der Waals surface area contributed by atoms with Gasteiger partial charge in [-0.25, -0.2) is 0 Å². The molecule has 3 N–H and O–H groups in total. The normalized spacial score (nSPS) is 12.0. The minimum Gasteiger partial charge on any atom is -0.368 e. The summed E-state index contributed by atoms with van der Waals surface area (Å²) in [5.41, 5.74) is 7.63. The van der Waals surface area contributed by atoms with Crippen LogP contribution in [0.4, 0.5) is 0 Å². The van der Waals surface area contributed by atoms with E-state index in [-0.39, 0.29) is 12.3 Å². The van der Waals surface area contributed by atoms with Crippen molar-refractivity contribution in [2.24, 2.45) is 5.73 Å². The van der Waals surface area contributed by atoms with Gasteiger partial charge >= 0.3 is 0 Å². The van der Waals surface area contributed by atoms with Crippen molar-refractivity contribution in [2.45, 2.75) is 24.8 Å². The average molecular weight is 399 g/mol. The molecule has 0 fully saturated rings. The van der Waals surface area contributed by atoms with Gasteiger partial charge in [0, 0.05) is 0 Å². The average Bonchev–Trinajstić information content (AvgIpc) is 2.76. The van der Waals surface area contributed by atoms with Crippen LogP contribution in [-0.2, 0) is 15.0 Å². The Kier molecular flexibility index (Phi) is 6.48. The summed E-state index contributed by atoms with van der Waals surface area (Å²) in [6.07, 6.45) is 0.287. The third-order valence-corrected chi connectivity index (χ3v) is 5.16. The second-order valence-electron chi connectivity index (χ2n) is 7.44. The van der Waals surface area contributed by atoms with Gasteiger partial charge in [0.1, 0.15) is 11.5 Å². The molecule has 0 aliphatic heterocycles. The van der Waals surface area contributed by atoms with Gasteiger partial charge in [0.15, 0.2) is 0 Å². The van der Waals surface area contributed by atoms with Gasteiger partial charge in [-0.1, -0.05) is 96.6 Å². The quantitative estimate of drug-likeness (QED) is 0.445. The summed E-state index contributed by atoms with van der Waals surface area (Å²) in [5, 5.41) is 2.91. The van der Waals surface area contributed by atoms with Crippen LogP contribution < -0.4 is 11.1 Å². The summed E-state index contributed by atoms with van der Waals surface area (Å²) in [5.74, 6) is -0.898. The Morgan fingerprint density at radius 3 is 1.50 bits per heavy atom. The van der Waals surface area contributed by atoms with Gasteiger partial charge in [0.2, 0.25) is 11.8 Å². The molecule has 0 aromatic heterocycles. The maximum absolute atomic E-state index is 14.0. The van der Waals surface area contributed by atoms with Crippen LogP contribution in [0.2, 0.25) is 0 Å². The molecule has 4 heteroatoms. The van der Waals surface area contributed by atoms with Crippen LogP contribution in [0.15, 0.2) is 103 Å². The van der Waals surface area contributed by atoms with Crippen molar-refractivity contribution in [3.8, 4) is 0 Å². The molecule has 2 amide bonds. The van der Waals surface area contributed by atoms with Crippen LogP contribution in [-0.4, -0.2) is 17.9 Å². The minimum atomic E-state index is -1.15. The van der Waals surface area contributed by atoms with Crippen molar-refractivity contribution in [3.63, 3.8) is 0 Å². The zero-order valence-corrected chi connectivity index (χ0v) is 17.0. The Morgan fingerprint density at radius 2 is 1.20 bits per heavy atom. The van der Waals surface area contributed by atoms with Crippen molar-refractivity contribution in [1.82, 2.24) is 5.32 Å². The van der Waals surface area contributed by atoms with Crippen molar-refractivity contribution < 1.29 is 9.59 Å². The first-order valence-corrected chi connectivity index (χ1v) is 9.87. The summed E-state index contributed by atoms with van der Waals surface area (Å²) in [7, 11) is 0. The standard InChI is InChI=1S/C26H26N2O2/c1-19(2)18-23(24(27)29)28-25(30)26(20-12-6-3-7-13-20,21-14-8-4-9-15-21)22-16-10-5-11-17-22/h3-17,23H,1,18H2,2H3,(H2,27,29)(H,28,30)/t23-/m0/s1. The molecule has 3 aromatic carbocycles. The Labute approximate surface area is 177 Å². The molecule has 0 heterocycles. The van der Waals surface area contributed by atoms with Crippen LogP contribution in [0, 0.1) is 0 Å². The topological polar surface area (TPSA) is 72.2 Å². The predicted octanol–water partition coefficient (Wildman–Crippen LogP) is 3.96. The van der Waals surface area contributed by atoms with Gasteiger partial charge in [-0.3, -0.25) is 9.59 Å². The number of hydrogen-bond acceptors (Lipinski definition) is 2. The summed E-state index contributed by atoms with van der Waals surface area (Å²) < 4.78 is 0. The SMILES string of the molecule is C=C(C)C[C@H](NC(=O)C(c1ccccc1)(c1ccccc1)c1ccccc1)C(N)=O. The molecular weight excluding hydrogens is 372 g/mol. The summed E-state index contributed by atoms with van der Waals surface area (Å²) >= 11 is 0. The number of nitrogens with one attached hydrogen (secondary N) is 1. The predicted molar refractivity (Wildman–Crippen MR) is 120 cm³/mol. The van der Waals surface area contributed by atoms with Crippen LogP contribution in [0.3, 0.4) is 0 Å². The van der Waals surface area contributed by atoms with Gasteiger partial charge in [0.05, 0.1) is 0 Å². The molecule has 4 nitrogen and oxygen atoms in total. The molecule has 0 aliphatic rings. The van der Waals surface area contributed by atoms with Crippen LogP contribution in [0.5, 0.6) is 0 Å². The fraction of sp³-hybridized carbons (Fsp3) is 0.154. The highest BCUT2D eigenvalue weighted by atomic mass is 16.2. The highest BCUT2D eigenvalue weighted by Gasteiger charge is 2.44. The number of hydrogen-bond donors (Lipinski definition) is 2. The van der Waals surface area contributed by atoms with E-state index < -0.39 is 17.4 Å². The maximum Gasteiger partial charge on any atom is 0.240 e. The number of benzene rings is 3. The molecule has 0 saturated heterocycles. The van der Waals surface area contributed by atoms with Crippen LogP contribution in [0.1, 0.15) is 30.0 Å². The third-order valence-electron chi connectivity index (χ3n) is 5.16. The summed E-state index contributed by atoms with van der Waals surface area (Å²) in [4.78, 5) is 26.1. The van der Waals surface area contributed by atoms with Crippen LogP contribution >= 0.6 is 0 Å². The lowest BCUT2D eigenvalue weighted by Crippen LogP contribution is -2.53. The molecule has 0 bridgehead atoms. The molecule has 3 rings (SSSR count). The van der Waals surface area contributed by atoms with Gasteiger partial charge in [0.25, 0.3) is 0 Å². The molecular formula is C26H26N2O2. The fourth-order valence-corrected chi connectivity index (χ4v) is 3.80. The number of primary amides is 1. The Bertz CT molecular complexity index is 918. The highest BCUT2D eigenvalue weighted by molar-refractivity contribution is 5.98. The minimum absolute atomic E-state index is 0.287. The first kappa shape index (κ1) is 21.1. The summed E-state index contributed by atoms with van der Waals surface area (Å²) in [6, 6.07) is 27.9. The molecule has 0 unspecified atom stereocenters. The van der Waals surface area contributed by atoms with E-state index in [1.165, 1.54) is 0 Å². The first-order chi connectivity index (χ1) is 14.5. The van der Waals surface area contributed by atoms with E-state index in [1.54, 1.807) is 6.92 Å².